The molecule has 2 heterocycles. The Kier molecular flexibility index (Phi) is 6.86. The zero-order valence-corrected chi connectivity index (χ0v) is 15.2. The van der Waals surface area contributed by atoms with Crippen molar-refractivity contribution in [2.24, 2.45) is 5.73 Å². The van der Waals surface area contributed by atoms with Crippen molar-refractivity contribution in [3.63, 3.8) is 0 Å². The van der Waals surface area contributed by atoms with Gasteiger partial charge >= 0.3 is 18.1 Å². The SMILES string of the molecule is CCOC(=O)OCCOC(=O)C1=C(COC(C)=O)CS[C@H]2C(N)C(=O)N12. The van der Waals surface area contributed by atoms with Gasteiger partial charge in [-0.1, -0.05) is 0 Å². The first-order valence-corrected chi connectivity index (χ1v) is 8.94. The second-order valence-electron chi connectivity index (χ2n) is 5.34. The van der Waals surface area contributed by atoms with Crippen molar-refractivity contribution in [3.05, 3.63) is 11.3 Å². The highest BCUT2D eigenvalue weighted by molar-refractivity contribution is 8.00. The number of hydrogen-bond acceptors (Lipinski definition) is 10. The molecule has 26 heavy (non-hydrogen) atoms. The molecule has 0 radical (unpaired) electrons. The lowest BCUT2D eigenvalue weighted by Gasteiger charge is -2.48. The number of carbonyl (C=O) groups excluding carboxylic acids is 4. The number of esters is 2. The minimum Gasteiger partial charge on any atom is -0.461 e. The summed E-state index contributed by atoms with van der Waals surface area (Å²) < 4.78 is 19.3. The number of amides is 1. The third-order valence-electron chi connectivity index (χ3n) is 3.53. The molecule has 0 saturated carbocycles. The maximum atomic E-state index is 12.4. The van der Waals surface area contributed by atoms with E-state index in [-0.39, 0.29) is 37.5 Å². The Bertz CT molecular complexity index is 635. The van der Waals surface area contributed by atoms with Gasteiger partial charge < -0.3 is 24.7 Å². The summed E-state index contributed by atoms with van der Waals surface area (Å²) in [6.07, 6.45) is -0.865. The quantitative estimate of drug-likeness (QED) is 0.269. The van der Waals surface area contributed by atoms with Crippen LogP contribution in [0, 0.1) is 0 Å². The van der Waals surface area contributed by atoms with Crippen molar-refractivity contribution in [3.8, 4) is 0 Å². The van der Waals surface area contributed by atoms with Gasteiger partial charge in [0.2, 0.25) is 5.91 Å². The van der Waals surface area contributed by atoms with Crippen LogP contribution >= 0.6 is 11.8 Å². The maximum Gasteiger partial charge on any atom is 0.508 e. The molecule has 10 nitrogen and oxygen atoms in total. The van der Waals surface area contributed by atoms with Gasteiger partial charge in [-0.05, 0) is 6.92 Å². The summed E-state index contributed by atoms with van der Waals surface area (Å²) in [6.45, 7) is 2.51. The van der Waals surface area contributed by atoms with Gasteiger partial charge in [0.05, 0.1) is 6.61 Å². The Morgan fingerprint density at radius 3 is 2.54 bits per heavy atom. The summed E-state index contributed by atoms with van der Waals surface area (Å²) >= 11 is 1.38. The normalized spacial score (nSPS) is 21.5. The summed E-state index contributed by atoms with van der Waals surface area (Å²) in [5.74, 6) is -1.31. The van der Waals surface area contributed by atoms with E-state index in [1.807, 2.05) is 0 Å². The van der Waals surface area contributed by atoms with Crippen LogP contribution in [-0.2, 0) is 33.3 Å². The Balaban J connectivity index is 2.01. The molecule has 1 unspecified atom stereocenters. The molecule has 2 atom stereocenters. The number of nitrogens with zero attached hydrogens (tertiary/aromatic N) is 1. The van der Waals surface area contributed by atoms with Gasteiger partial charge in [0.15, 0.2) is 0 Å². The molecule has 1 saturated heterocycles. The molecule has 1 amide bonds. The average molecular weight is 388 g/mol. The van der Waals surface area contributed by atoms with Gasteiger partial charge in [-0.25, -0.2) is 9.59 Å². The molecule has 0 aliphatic carbocycles. The number of β-lactam (4-membered cyclic amide) rings is 1. The lowest BCUT2D eigenvalue weighted by atomic mass is 10.0. The van der Waals surface area contributed by atoms with E-state index < -0.39 is 30.0 Å². The lowest BCUT2D eigenvalue weighted by molar-refractivity contribution is -0.151. The van der Waals surface area contributed by atoms with Crippen molar-refractivity contribution in [2.45, 2.75) is 25.3 Å². The Morgan fingerprint density at radius 1 is 1.19 bits per heavy atom. The smallest absolute Gasteiger partial charge is 0.461 e. The van der Waals surface area contributed by atoms with Crippen LogP contribution < -0.4 is 5.73 Å². The predicted molar refractivity (Wildman–Crippen MR) is 88.7 cm³/mol. The molecular weight excluding hydrogens is 368 g/mol. The van der Waals surface area contributed by atoms with Crippen LogP contribution in [0.3, 0.4) is 0 Å². The standard InChI is InChI=1S/C15H20N2O8S/c1-3-22-15(21)24-5-4-23-14(20)11-9(6-25-8(2)18)7-26-13-10(16)12(19)17(11)13/h10,13H,3-7,16H2,1-2H3/t10?,13-/m0/s1. The number of rotatable bonds is 7. The monoisotopic (exact) mass is 388 g/mol. The summed E-state index contributed by atoms with van der Waals surface area (Å²) in [6, 6.07) is -0.690. The highest BCUT2D eigenvalue weighted by Gasteiger charge is 2.52. The van der Waals surface area contributed by atoms with Crippen LogP contribution in [0.25, 0.3) is 0 Å². The fraction of sp³-hybridized carbons (Fsp3) is 0.600. The Morgan fingerprint density at radius 2 is 1.88 bits per heavy atom. The fourth-order valence-electron chi connectivity index (χ4n) is 2.36. The van der Waals surface area contributed by atoms with Crippen molar-refractivity contribution < 1.29 is 38.1 Å². The molecule has 0 aromatic rings. The molecule has 0 aromatic carbocycles. The van der Waals surface area contributed by atoms with Crippen LogP contribution in [0.1, 0.15) is 13.8 Å². The second kappa shape index (κ2) is 8.90. The van der Waals surface area contributed by atoms with Crippen molar-refractivity contribution in [2.75, 3.05) is 32.2 Å². The van der Waals surface area contributed by atoms with E-state index in [2.05, 4.69) is 4.74 Å². The third-order valence-corrected chi connectivity index (χ3v) is 4.89. The van der Waals surface area contributed by atoms with E-state index in [1.165, 1.54) is 23.6 Å². The zero-order valence-electron chi connectivity index (χ0n) is 14.4. The summed E-state index contributed by atoms with van der Waals surface area (Å²) in [7, 11) is 0. The molecule has 2 N–H and O–H groups in total. The third kappa shape index (κ3) is 4.47. The minimum absolute atomic E-state index is 0.0258. The van der Waals surface area contributed by atoms with Gasteiger partial charge in [0, 0.05) is 18.2 Å². The molecular formula is C15H20N2O8S. The van der Waals surface area contributed by atoms with Crippen LogP contribution in [0.5, 0.6) is 0 Å². The van der Waals surface area contributed by atoms with Crippen molar-refractivity contribution in [1.29, 1.82) is 0 Å². The van der Waals surface area contributed by atoms with Gasteiger partial charge in [-0.2, -0.15) is 0 Å². The number of fused-ring (bicyclic) bond motifs is 1. The van der Waals surface area contributed by atoms with E-state index in [0.29, 0.717) is 11.3 Å². The Labute approximate surface area is 153 Å². The zero-order chi connectivity index (χ0) is 19.3. The Hall–Kier alpha value is -2.27. The topological polar surface area (TPSA) is 134 Å². The van der Waals surface area contributed by atoms with Gasteiger partial charge in [0.25, 0.3) is 0 Å². The summed E-state index contributed by atoms with van der Waals surface area (Å²) in [4.78, 5) is 47.8. The number of carbonyl (C=O) groups is 4. The number of thioether (sulfide) groups is 1. The van der Waals surface area contributed by atoms with E-state index in [9.17, 15) is 19.2 Å². The van der Waals surface area contributed by atoms with Gasteiger partial charge in [0.1, 0.15) is 36.9 Å². The maximum absolute atomic E-state index is 12.4. The van der Waals surface area contributed by atoms with E-state index in [4.69, 9.17) is 19.9 Å². The predicted octanol–water partition coefficient (Wildman–Crippen LogP) is -0.238. The molecule has 2 rings (SSSR count). The average Bonchev–Trinajstić information content (AvgIpc) is 2.61. The molecule has 144 valence electrons. The lowest BCUT2D eigenvalue weighted by Crippen LogP contribution is -2.68. The fourth-order valence-corrected chi connectivity index (χ4v) is 3.63. The van der Waals surface area contributed by atoms with Crippen LogP contribution in [0.4, 0.5) is 4.79 Å². The van der Waals surface area contributed by atoms with E-state index >= 15 is 0 Å². The molecule has 11 heteroatoms. The highest BCUT2D eigenvalue weighted by atomic mass is 32.2. The first-order chi connectivity index (χ1) is 12.4. The first-order valence-electron chi connectivity index (χ1n) is 7.89. The molecule has 2 aliphatic rings. The highest BCUT2D eigenvalue weighted by Crippen LogP contribution is 2.39. The molecule has 0 aromatic heterocycles. The van der Waals surface area contributed by atoms with Gasteiger partial charge in [-0.15, -0.1) is 11.8 Å². The summed E-state index contributed by atoms with van der Waals surface area (Å²) in [5.41, 5.74) is 6.23. The van der Waals surface area contributed by atoms with Gasteiger partial charge in [-0.3, -0.25) is 14.5 Å². The van der Waals surface area contributed by atoms with Crippen LogP contribution in [0.15, 0.2) is 11.3 Å². The number of hydrogen-bond donors (Lipinski definition) is 1. The molecule has 1 fully saturated rings. The largest absolute Gasteiger partial charge is 0.508 e. The van der Waals surface area contributed by atoms with E-state index in [1.54, 1.807) is 6.92 Å². The second-order valence-corrected chi connectivity index (χ2v) is 6.44. The first kappa shape index (κ1) is 20.0. The number of nitrogens with two attached hydrogens (primary N) is 1. The number of ether oxygens (including phenoxy) is 4. The molecule has 2 aliphatic heterocycles. The molecule has 0 bridgehead atoms. The van der Waals surface area contributed by atoms with E-state index in [0.717, 1.165) is 0 Å². The minimum atomic E-state index is -0.865. The van der Waals surface area contributed by atoms with Crippen molar-refractivity contribution in [1.82, 2.24) is 4.90 Å². The van der Waals surface area contributed by atoms with Crippen LogP contribution in [-0.4, -0.2) is 72.5 Å². The van der Waals surface area contributed by atoms with Crippen molar-refractivity contribution >= 4 is 35.8 Å². The molecule has 0 spiro atoms. The van der Waals surface area contributed by atoms with Crippen LogP contribution in [0.2, 0.25) is 0 Å². The summed E-state index contributed by atoms with van der Waals surface area (Å²) in [5, 5.41) is -0.359.